The minimum Gasteiger partial charge on any atom is -0.346 e. The summed E-state index contributed by atoms with van der Waals surface area (Å²) in [7, 11) is 0. The largest absolute Gasteiger partial charge is 0.346 e. The molecule has 0 unspecified atom stereocenters. The van der Waals surface area contributed by atoms with Gasteiger partial charge in [-0.15, -0.1) is 0 Å². The lowest BCUT2D eigenvalue weighted by atomic mass is 10.0. The molecule has 0 aliphatic carbocycles. The molecule has 1 saturated heterocycles. The Morgan fingerprint density at radius 1 is 1.21 bits per heavy atom. The van der Waals surface area contributed by atoms with Crippen LogP contribution in [0.3, 0.4) is 0 Å². The molecule has 15 heteroatoms. The van der Waals surface area contributed by atoms with E-state index in [0.717, 1.165) is 11.3 Å². The molecule has 5 heterocycles. The summed E-state index contributed by atoms with van der Waals surface area (Å²) in [4.78, 5) is 30.2. The molecule has 2 N–H and O–H groups in total. The molecule has 11 nitrogen and oxygen atoms in total. The molecule has 38 heavy (non-hydrogen) atoms. The van der Waals surface area contributed by atoms with Gasteiger partial charge in [-0.2, -0.15) is 5.10 Å². The number of imidazole rings is 1. The lowest BCUT2D eigenvalue weighted by Crippen LogP contribution is -2.50. The Labute approximate surface area is 227 Å². The number of amides is 1. The second kappa shape index (κ2) is 10.3. The van der Waals surface area contributed by atoms with Crippen molar-refractivity contribution in [2.24, 2.45) is 0 Å². The molecule has 1 aromatic carbocycles. The minimum absolute atomic E-state index is 0.193. The van der Waals surface area contributed by atoms with Gasteiger partial charge in [0, 0.05) is 19.1 Å². The maximum absolute atomic E-state index is 15.0. The molecule has 1 amide bonds. The third kappa shape index (κ3) is 4.71. The second-order valence-electron chi connectivity index (χ2n) is 8.65. The van der Waals surface area contributed by atoms with Crippen LogP contribution in [0.2, 0.25) is 4.34 Å². The van der Waals surface area contributed by atoms with E-state index in [1.54, 1.807) is 34.8 Å². The Bertz CT molecular complexity index is 1640. The van der Waals surface area contributed by atoms with Gasteiger partial charge in [0.05, 0.1) is 41.4 Å². The molecular formula is C23H19ClFN9O2S2. The topological polar surface area (TPSA) is 135 Å². The molecule has 1 aliphatic rings. The summed E-state index contributed by atoms with van der Waals surface area (Å²) in [5.74, 6) is 0.0169. The van der Waals surface area contributed by atoms with Gasteiger partial charge in [0.15, 0.2) is 10.8 Å². The number of carbonyl (C=O) groups excluding carboxylic acids is 1. The van der Waals surface area contributed by atoms with E-state index >= 15 is 4.39 Å². The average molecular weight is 572 g/mol. The van der Waals surface area contributed by atoms with Crippen LogP contribution >= 0.6 is 22.9 Å². The molecule has 0 spiro atoms. The number of pyridine rings is 1. The van der Waals surface area contributed by atoms with Crippen LogP contribution < -0.4 is 5.32 Å². The summed E-state index contributed by atoms with van der Waals surface area (Å²) in [6, 6.07) is 7.50. The van der Waals surface area contributed by atoms with Crippen LogP contribution in [-0.2, 0) is 11.9 Å². The monoisotopic (exact) mass is 571 g/mol. The average Bonchev–Trinajstić information content (AvgIpc) is 3.68. The first-order valence-corrected chi connectivity index (χ1v) is 13.5. The Morgan fingerprint density at radius 2 is 2.08 bits per heavy atom. The molecule has 6 rings (SSSR count). The van der Waals surface area contributed by atoms with E-state index in [-0.39, 0.29) is 34.9 Å². The highest BCUT2D eigenvalue weighted by Gasteiger charge is 2.33. The van der Waals surface area contributed by atoms with Crippen LogP contribution in [-0.4, -0.2) is 68.3 Å². The first-order valence-electron chi connectivity index (χ1n) is 11.5. The maximum atomic E-state index is 15.0. The zero-order valence-electron chi connectivity index (χ0n) is 19.5. The van der Waals surface area contributed by atoms with Gasteiger partial charge in [0.2, 0.25) is 0 Å². The number of benzene rings is 1. The third-order valence-corrected chi connectivity index (χ3v) is 7.90. The van der Waals surface area contributed by atoms with E-state index in [9.17, 15) is 9.00 Å². The highest BCUT2D eigenvalue weighted by molar-refractivity contribution is 7.63. The van der Waals surface area contributed by atoms with Crippen molar-refractivity contribution in [2.75, 3.05) is 13.1 Å². The molecule has 1 aliphatic heterocycles. The van der Waals surface area contributed by atoms with Crippen LogP contribution in [0.15, 0.2) is 49.1 Å². The standard InChI is InChI=1S/C23H19ClFN9O2S2/c24-19-8-27-23(37-19)22(35)30-12-5-13(10-33(9-12)38-36)34-18-6-16(20-28-11-29-32-20)26-7-17(18)31-21(34)14-3-1-2-4-15(14)25/h1-4,6-8,11-13,38H,5,9-10H2,(H,30,35)(H,28,29,32)/t12-,13+/m0/s1. The molecule has 5 aromatic rings. The number of thiol groups is 1. The highest BCUT2D eigenvalue weighted by atomic mass is 35.5. The van der Waals surface area contributed by atoms with Gasteiger partial charge in [-0.3, -0.25) is 14.9 Å². The summed E-state index contributed by atoms with van der Waals surface area (Å²) >= 11 is 6.83. The van der Waals surface area contributed by atoms with Gasteiger partial charge in [0.25, 0.3) is 5.91 Å². The van der Waals surface area contributed by atoms with Crippen molar-refractivity contribution >= 4 is 51.7 Å². The number of fused-ring (bicyclic) bond motifs is 1. The van der Waals surface area contributed by atoms with Crippen LogP contribution in [0.25, 0.3) is 33.9 Å². The zero-order chi connectivity index (χ0) is 26.2. The van der Waals surface area contributed by atoms with Crippen LogP contribution in [0.1, 0.15) is 22.3 Å². The van der Waals surface area contributed by atoms with Gasteiger partial charge in [0.1, 0.15) is 33.5 Å². The Balaban J connectivity index is 1.44. The molecule has 194 valence electrons. The predicted molar refractivity (Wildman–Crippen MR) is 141 cm³/mol. The van der Waals surface area contributed by atoms with E-state index in [1.165, 1.54) is 18.6 Å². The summed E-state index contributed by atoms with van der Waals surface area (Å²) in [6.07, 6.45) is 4.95. The van der Waals surface area contributed by atoms with Crippen molar-refractivity contribution in [2.45, 2.75) is 18.5 Å². The summed E-state index contributed by atoms with van der Waals surface area (Å²) < 4.78 is 31.0. The van der Waals surface area contributed by atoms with E-state index < -0.39 is 5.82 Å². The lowest BCUT2D eigenvalue weighted by Gasteiger charge is -2.36. The number of aromatic nitrogens is 7. The van der Waals surface area contributed by atoms with E-state index in [4.69, 9.17) is 16.6 Å². The van der Waals surface area contributed by atoms with Crippen molar-refractivity contribution in [1.82, 2.24) is 44.3 Å². The van der Waals surface area contributed by atoms with Gasteiger partial charge in [-0.05, 0) is 24.6 Å². The van der Waals surface area contributed by atoms with E-state index in [0.29, 0.717) is 57.8 Å². The molecule has 0 saturated carbocycles. The zero-order valence-corrected chi connectivity index (χ0v) is 21.9. The van der Waals surface area contributed by atoms with Gasteiger partial charge >= 0.3 is 0 Å². The normalized spacial score (nSPS) is 18.2. The van der Waals surface area contributed by atoms with Gasteiger partial charge < -0.3 is 9.88 Å². The van der Waals surface area contributed by atoms with Crippen LogP contribution in [0, 0.1) is 5.82 Å². The minimum atomic E-state index is -0.425. The number of hydrogen-bond acceptors (Lipinski definition) is 8. The SMILES string of the molecule is O=[SH]N1C[C@@H](NC(=O)c2ncc(Cl)s2)C[C@@H](n2c(-c3ccccc3F)nc3cnc(-c4nc[nH]n4)cc32)C1. The quantitative estimate of drug-likeness (QED) is 0.267. The summed E-state index contributed by atoms with van der Waals surface area (Å²) in [5.41, 5.74) is 2.07. The van der Waals surface area contributed by atoms with Crippen molar-refractivity contribution in [3.8, 4) is 22.9 Å². The molecule has 0 bridgehead atoms. The lowest BCUT2D eigenvalue weighted by molar-refractivity contribution is 0.0912. The fraction of sp³-hybridized carbons (Fsp3) is 0.217. The first kappa shape index (κ1) is 24.7. The first-order chi connectivity index (χ1) is 18.5. The molecule has 1 fully saturated rings. The van der Waals surface area contributed by atoms with E-state index in [1.807, 2.05) is 4.57 Å². The van der Waals surface area contributed by atoms with Crippen molar-refractivity contribution in [1.29, 1.82) is 0 Å². The van der Waals surface area contributed by atoms with Crippen molar-refractivity contribution < 1.29 is 13.4 Å². The molecule has 0 radical (unpaired) electrons. The summed E-state index contributed by atoms with van der Waals surface area (Å²) in [6.45, 7) is 0.740. The molecule has 4 aromatic heterocycles. The number of thiazole rings is 1. The third-order valence-electron chi connectivity index (χ3n) is 6.23. The number of hydrogen-bond donors (Lipinski definition) is 3. The number of nitrogens with zero attached hydrogens (tertiary/aromatic N) is 7. The van der Waals surface area contributed by atoms with Gasteiger partial charge in [-0.1, -0.05) is 35.1 Å². The number of halogens is 2. The number of rotatable bonds is 6. The second-order valence-corrected chi connectivity index (χ2v) is 11.0. The predicted octanol–water partition coefficient (Wildman–Crippen LogP) is 3.04. The smallest absolute Gasteiger partial charge is 0.280 e. The number of H-pyrrole nitrogens is 1. The van der Waals surface area contributed by atoms with Crippen molar-refractivity contribution in [3.05, 3.63) is 64.2 Å². The Hall–Kier alpha value is -3.59. The fourth-order valence-corrected chi connectivity index (χ4v) is 6.00. The number of carbonyl (C=O) groups is 1. The number of piperidine rings is 1. The highest BCUT2D eigenvalue weighted by Crippen LogP contribution is 2.34. The van der Waals surface area contributed by atoms with Crippen LogP contribution in [0.5, 0.6) is 0 Å². The fourth-order valence-electron chi connectivity index (χ4n) is 4.67. The summed E-state index contributed by atoms with van der Waals surface area (Å²) in [5, 5.41) is 10.0. The number of nitrogens with one attached hydrogen (secondary N) is 2. The van der Waals surface area contributed by atoms with E-state index in [2.05, 4.69) is 30.5 Å². The van der Waals surface area contributed by atoms with Crippen molar-refractivity contribution in [3.63, 3.8) is 0 Å². The maximum Gasteiger partial charge on any atom is 0.280 e. The van der Waals surface area contributed by atoms with Crippen LogP contribution in [0.4, 0.5) is 4.39 Å². The molecule has 2 atom stereocenters. The van der Waals surface area contributed by atoms with Gasteiger partial charge in [-0.25, -0.2) is 27.9 Å². The Morgan fingerprint density at radius 3 is 2.82 bits per heavy atom. The Kier molecular flexibility index (Phi) is 6.69. The number of aromatic amines is 1. The molecular weight excluding hydrogens is 553 g/mol.